The highest BCUT2D eigenvalue weighted by atomic mass is 127. The second kappa shape index (κ2) is 12.5. The van der Waals surface area contributed by atoms with Crippen LogP contribution < -0.4 is 10.6 Å². The fourth-order valence-electron chi connectivity index (χ4n) is 3.61. The Labute approximate surface area is 182 Å². The fraction of sp³-hybridized carbons (Fsp3) is 0.714. The molecule has 1 saturated carbocycles. The van der Waals surface area contributed by atoms with E-state index in [1.807, 2.05) is 18.5 Å². The van der Waals surface area contributed by atoms with Gasteiger partial charge in [-0.1, -0.05) is 26.3 Å². The summed E-state index contributed by atoms with van der Waals surface area (Å²) in [6.45, 7) is 10.1. The number of aliphatic imine (C=N–C) groups is 1. The van der Waals surface area contributed by atoms with Gasteiger partial charge in [0, 0.05) is 51.7 Å². The number of pyridine rings is 1. The van der Waals surface area contributed by atoms with Crippen molar-refractivity contribution in [3.8, 4) is 0 Å². The minimum Gasteiger partial charge on any atom is -0.385 e. The molecule has 6 heteroatoms. The molecular formula is C21H37IN4O. The van der Waals surface area contributed by atoms with Crippen LogP contribution in [0.15, 0.2) is 29.5 Å². The van der Waals surface area contributed by atoms with Gasteiger partial charge in [0.25, 0.3) is 0 Å². The third-order valence-electron chi connectivity index (χ3n) is 5.57. The van der Waals surface area contributed by atoms with Gasteiger partial charge in [0.05, 0.1) is 0 Å². The van der Waals surface area contributed by atoms with Gasteiger partial charge < -0.3 is 15.4 Å². The van der Waals surface area contributed by atoms with Crippen molar-refractivity contribution in [1.29, 1.82) is 0 Å². The molecule has 1 heterocycles. The molecule has 0 aliphatic heterocycles. The number of halogens is 1. The maximum Gasteiger partial charge on any atom is 0.191 e. The molecule has 1 atom stereocenters. The van der Waals surface area contributed by atoms with Crippen LogP contribution in [0, 0.1) is 11.3 Å². The Kier molecular flexibility index (Phi) is 11.2. The van der Waals surface area contributed by atoms with Crippen molar-refractivity contribution in [2.75, 3.05) is 33.4 Å². The lowest BCUT2D eigenvalue weighted by Crippen LogP contribution is -2.42. The Bertz CT molecular complexity index is 546. The zero-order valence-corrected chi connectivity index (χ0v) is 19.7. The molecule has 1 aromatic heterocycles. The Morgan fingerprint density at radius 2 is 2.11 bits per heavy atom. The van der Waals surface area contributed by atoms with Crippen molar-refractivity contribution < 1.29 is 4.74 Å². The number of rotatable bonds is 10. The first-order valence-electron chi connectivity index (χ1n) is 10.0. The summed E-state index contributed by atoms with van der Waals surface area (Å²) in [5, 5.41) is 6.95. The average molecular weight is 488 g/mol. The van der Waals surface area contributed by atoms with Crippen molar-refractivity contribution in [2.45, 2.75) is 52.4 Å². The second-order valence-electron chi connectivity index (χ2n) is 7.81. The summed E-state index contributed by atoms with van der Waals surface area (Å²) in [5.74, 6) is 1.87. The highest BCUT2D eigenvalue weighted by Gasteiger charge is 2.36. The van der Waals surface area contributed by atoms with Crippen molar-refractivity contribution in [2.24, 2.45) is 16.3 Å². The molecular weight excluding hydrogens is 451 g/mol. The standard InChI is InChI=1S/C21H36N4O.HI/c1-5-23-20(25-16-21(9-7-10-21)11-13-26-4)24-15-19(17(2)3)18-8-6-12-22-14-18;/h6,8,12,14,17,19H,5,7,9-11,13,15-16H2,1-4H3,(H2,23,24,25);1H. The summed E-state index contributed by atoms with van der Waals surface area (Å²) in [7, 11) is 1.78. The Morgan fingerprint density at radius 3 is 2.63 bits per heavy atom. The van der Waals surface area contributed by atoms with Crippen molar-refractivity contribution in [1.82, 2.24) is 15.6 Å². The average Bonchev–Trinajstić information content (AvgIpc) is 2.61. The van der Waals surface area contributed by atoms with Crippen LogP contribution >= 0.6 is 24.0 Å². The zero-order chi connectivity index (χ0) is 18.8. The van der Waals surface area contributed by atoms with E-state index < -0.39 is 0 Å². The Morgan fingerprint density at radius 1 is 1.33 bits per heavy atom. The lowest BCUT2D eigenvalue weighted by Gasteiger charge is -2.40. The Balaban J connectivity index is 0.00000364. The monoisotopic (exact) mass is 488 g/mol. The highest BCUT2D eigenvalue weighted by Crippen LogP contribution is 2.44. The third-order valence-corrected chi connectivity index (χ3v) is 5.57. The van der Waals surface area contributed by atoms with Gasteiger partial charge in [0.2, 0.25) is 0 Å². The largest absolute Gasteiger partial charge is 0.385 e. The zero-order valence-electron chi connectivity index (χ0n) is 17.3. The molecule has 1 aliphatic rings. The second-order valence-corrected chi connectivity index (χ2v) is 7.81. The first-order valence-corrected chi connectivity index (χ1v) is 10.0. The summed E-state index contributed by atoms with van der Waals surface area (Å²) in [6, 6.07) is 4.18. The van der Waals surface area contributed by atoms with E-state index in [1.54, 1.807) is 7.11 Å². The number of aromatic nitrogens is 1. The molecule has 0 bridgehead atoms. The van der Waals surface area contributed by atoms with Gasteiger partial charge >= 0.3 is 0 Å². The van der Waals surface area contributed by atoms with Crippen LogP contribution in [0.3, 0.4) is 0 Å². The minimum atomic E-state index is 0. The first kappa shape index (κ1) is 24.1. The molecule has 2 N–H and O–H groups in total. The molecule has 1 unspecified atom stereocenters. The first-order chi connectivity index (χ1) is 12.6. The predicted molar refractivity (Wildman–Crippen MR) is 124 cm³/mol. The van der Waals surface area contributed by atoms with Crippen LogP contribution in [0.2, 0.25) is 0 Å². The number of hydrogen-bond donors (Lipinski definition) is 2. The fourth-order valence-corrected chi connectivity index (χ4v) is 3.61. The van der Waals surface area contributed by atoms with Crippen LogP contribution in [-0.2, 0) is 4.74 Å². The SMILES string of the molecule is CCNC(=NCC1(CCOC)CCC1)NCC(c1cccnc1)C(C)C.I. The summed E-state index contributed by atoms with van der Waals surface area (Å²) in [6.07, 6.45) is 8.77. The smallest absolute Gasteiger partial charge is 0.191 e. The maximum absolute atomic E-state index is 5.30. The van der Waals surface area contributed by atoms with Crippen LogP contribution in [0.1, 0.15) is 57.9 Å². The van der Waals surface area contributed by atoms with E-state index in [-0.39, 0.29) is 24.0 Å². The topological polar surface area (TPSA) is 58.5 Å². The van der Waals surface area contributed by atoms with E-state index in [2.05, 4.69) is 42.5 Å². The van der Waals surface area contributed by atoms with Crippen LogP contribution in [0.5, 0.6) is 0 Å². The van der Waals surface area contributed by atoms with Gasteiger partial charge in [0.15, 0.2) is 5.96 Å². The molecule has 0 saturated heterocycles. The van der Waals surface area contributed by atoms with Gasteiger partial charge in [0.1, 0.15) is 0 Å². The predicted octanol–water partition coefficient (Wildman–Crippen LogP) is 4.20. The molecule has 1 aromatic rings. The number of nitrogens with one attached hydrogen (secondary N) is 2. The number of guanidine groups is 1. The van der Waals surface area contributed by atoms with E-state index in [1.165, 1.54) is 24.8 Å². The van der Waals surface area contributed by atoms with Crippen LogP contribution in [0.4, 0.5) is 0 Å². The molecule has 0 aromatic carbocycles. The van der Waals surface area contributed by atoms with Gasteiger partial charge in [-0.25, -0.2) is 0 Å². The number of nitrogens with zero attached hydrogens (tertiary/aromatic N) is 2. The molecule has 0 amide bonds. The van der Waals surface area contributed by atoms with Crippen LogP contribution in [0.25, 0.3) is 0 Å². The number of ether oxygens (including phenoxy) is 1. The molecule has 5 nitrogen and oxygen atoms in total. The molecule has 2 rings (SSSR count). The summed E-state index contributed by atoms with van der Waals surface area (Å²) >= 11 is 0. The van der Waals surface area contributed by atoms with Crippen molar-refractivity contribution in [3.05, 3.63) is 30.1 Å². The Hall–Kier alpha value is -0.890. The summed E-state index contributed by atoms with van der Waals surface area (Å²) in [4.78, 5) is 9.19. The van der Waals surface area contributed by atoms with E-state index in [0.717, 1.165) is 38.6 Å². The van der Waals surface area contributed by atoms with E-state index >= 15 is 0 Å². The molecule has 0 spiro atoms. The van der Waals surface area contributed by atoms with Crippen molar-refractivity contribution >= 4 is 29.9 Å². The van der Waals surface area contributed by atoms with Gasteiger partial charge in [-0.2, -0.15) is 0 Å². The lowest BCUT2D eigenvalue weighted by molar-refractivity contribution is 0.0778. The minimum absolute atomic E-state index is 0. The molecule has 27 heavy (non-hydrogen) atoms. The highest BCUT2D eigenvalue weighted by molar-refractivity contribution is 14.0. The maximum atomic E-state index is 5.30. The van der Waals surface area contributed by atoms with Crippen molar-refractivity contribution in [3.63, 3.8) is 0 Å². The summed E-state index contributed by atoms with van der Waals surface area (Å²) < 4.78 is 5.30. The van der Waals surface area contributed by atoms with Gasteiger partial charge in [-0.15, -0.1) is 24.0 Å². The molecule has 0 radical (unpaired) electrons. The number of hydrogen-bond acceptors (Lipinski definition) is 3. The normalized spacial score (nSPS) is 17.0. The quantitative estimate of drug-likeness (QED) is 0.295. The van der Waals surface area contributed by atoms with E-state index in [9.17, 15) is 0 Å². The third kappa shape index (κ3) is 7.56. The number of methoxy groups -OCH3 is 1. The molecule has 1 aliphatic carbocycles. The van der Waals surface area contributed by atoms with Gasteiger partial charge in [-0.05, 0) is 49.1 Å². The van der Waals surface area contributed by atoms with E-state index in [4.69, 9.17) is 9.73 Å². The lowest BCUT2D eigenvalue weighted by atomic mass is 9.67. The van der Waals surface area contributed by atoms with Crippen LogP contribution in [-0.4, -0.2) is 44.3 Å². The van der Waals surface area contributed by atoms with Gasteiger partial charge in [-0.3, -0.25) is 9.98 Å². The summed E-state index contributed by atoms with van der Waals surface area (Å²) in [5.41, 5.74) is 1.63. The van der Waals surface area contributed by atoms with E-state index in [0.29, 0.717) is 17.3 Å². The molecule has 154 valence electrons. The molecule has 1 fully saturated rings.